The van der Waals surface area contributed by atoms with Crippen molar-refractivity contribution in [2.45, 2.75) is 45.3 Å². The molecule has 0 bridgehead atoms. The van der Waals surface area contributed by atoms with Gasteiger partial charge in [-0.3, -0.25) is 4.68 Å². The first kappa shape index (κ1) is 23.5. The van der Waals surface area contributed by atoms with Gasteiger partial charge in [-0.15, -0.1) is 5.10 Å². The van der Waals surface area contributed by atoms with Gasteiger partial charge in [0.25, 0.3) is 0 Å². The maximum absolute atomic E-state index is 13.3. The van der Waals surface area contributed by atoms with Crippen molar-refractivity contribution in [2.75, 3.05) is 11.9 Å². The summed E-state index contributed by atoms with van der Waals surface area (Å²) in [5.74, 6) is 0.839. The van der Waals surface area contributed by atoms with Crippen LogP contribution >= 0.6 is 0 Å². The van der Waals surface area contributed by atoms with E-state index in [-0.39, 0.29) is 17.8 Å². The molecule has 0 aromatic carbocycles. The molecule has 0 spiro atoms. The molecule has 0 atom stereocenters. The Morgan fingerprint density at radius 2 is 2.00 bits per heavy atom. The van der Waals surface area contributed by atoms with Crippen LogP contribution < -0.4 is 15.4 Å². The van der Waals surface area contributed by atoms with Gasteiger partial charge in [-0.1, -0.05) is 0 Å². The largest absolute Gasteiger partial charge is 0.478 e. The fourth-order valence-corrected chi connectivity index (χ4v) is 3.52. The number of nitrogens with one attached hydrogen (secondary N) is 2. The molecule has 0 aliphatic heterocycles. The van der Waals surface area contributed by atoms with Crippen LogP contribution in [0.3, 0.4) is 0 Å². The Labute approximate surface area is 193 Å². The van der Waals surface area contributed by atoms with Gasteiger partial charge in [-0.25, -0.2) is 9.78 Å². The number of aromatic nitrogens is 5. The van der Waals surface area contributed by atoms with E-state index in [1.807, 2.05) is 13.0 Å². The van der Waals surface area contributed by atoms with E-state index < -0.39 is 17.9 Å². The number of amides is 2. The van der Waals surface area contributed by atoms with Gasteiger partial charge in [0.05, 0.1) is 30.1 Å². The van der Waals surface area contributed by atoms with E-state index in [1.165, 1.54) is 13.2 Å². The quantitative estimate of drug-likeness (QED) is 0.531. The van der Waals surface area contributed by atoms with Crippen molar-refractivity contribution < 1.29 is 22.7 Å². The summed E-state index contributed by atoms with van der Waals surface area (Å²) < 4.78 is 46.5. The van der Waals surface area contributed by atoms with E-state index in [9.17, 15) is 18.0 Å². The number of nitrogens with zero attached hydrogens (tertiary/aromatic N) is 5. The van der Waals surface area contributed by atoms with Gasteiger partial charge in [0, 0.05) is 36.6 Å². The highest BCUT2D eigenvalue weighted by atomic mass is 19.4. The van der Waals surface area contributed by atoms with E-state index in [2.05, 4.69) is 30.9 Å². The predicted octanol–water partition coefficient (Wildman–Crippen LogP) is 4.20. The molecule has 1 aliphatic rings. The Bertz CT molecular complexity index is 1210. The highest BCUT2D eigenvalue weighted by Gasteiger charge is 2.38. The Morgan fingerprint density at radius 3 is 2.65 bits per heavy atom. The minimum absolute atomic E-state index is 0.0397. The van der Waals surface area contributed by atoms with Crippen LogP contribution in [0, 0.1) is 6.92 Å². The summed E-state index contributed by atoms with van der Waals surface area (Å²) in [5, 5.41) is 16.9. The molecule has 9 nitrogen and oxygen atoms in total. The topological polar surface area (TPSA) is 107 Å². The van der Waals surface area contributed by atoms with E-state index in [1.54, 1.807) is 19.1 Å². The Morgan fingerprint density at radius 1 is 1.24 bits per heavy atom. The van der Waals surface area contributed by atoms with Crippen molar-refractivity contribution >= 4 is 11.7 Å². The lowest BCUT2D eigenvalue weighted by atomic mass is 10.1. The zero-order chi connectivity index (χ0) is 24.5. The second-order valence-corrected chi connectivity index (χ2v) is 8.06. The number of ether oxygens (including phenoxy) is 1. The van der Waals surface area contributed by atoms with Crippen LogP contribution in [0.4, 0.5) is 23.7 Å². The Hall–Kier alpha value is -3.70. The van der Waals surface area contributed by atoms with Gasteiger partial charge >= 0.3 is 12.2 Å². The third-order valence-electron chi connectivity index (χ3n) is 5.18. The van der Waals surface area contributed by atoms with Gasteiger partial charge in [0.1, 0.15) is 0 Å². The molecule has 34 heavy (non-hydrogen) atoms. The number of hydrogen-bond donors (Lipinski definition) is 2. The lowest BCUT2D eigenvalue weighted by Crippen LogP contribution is -2.28. The molecular formula is C22H24F3N7O2. The molecule has 1 saturated carbocycles. The second kappa shape index (κ2) is 9.27. The third-order valence-corrected chi connectivity index (χ3v) is 5.18. The summed E-state index contributed by atoms with van der Waals surface area (Å²) >= 11 is 0. The predicted molar refractivity (Wildman–Crippen MR) is 117 cm³/mol. The summed E-state index contributed by atoms with van der Waals surface area (Å²) in [6.45, 7) is 3.99. The molecule has 3 aromatic rings. The lowest BCUT2D eigenvalue weighted by Gasteiger charge is -2.12. The SMILES string of the molecule is CCOc1cc(NC(=O)NCc2cc(C)c(-c3cn(C)nc3C(F)(F)F)nn2)cc(C2CC2)n1. The van der Waals surface area contributed by atoms with Gasteiger partial charge in [-0.05, 0) is 44.4 Å². The summed E-state index contributed by atoms with van der Waals surface area (Å²) in [5.41, 5.74) is 1.24. The van der Waals surface area contributed by atoms with Crippen molar-refractivity contribution in [2.24, 2.45) is 7.05 Å². The van der Waals surface area contributed by atoms with E-state index in [0.29, 0.717) is 35.3 Å². The van der Waals surface area contributed by atoms with Crippen molar-refractivity contribution in [3.63, 3.8) is 0 Å². The normalized spacial score (nSPS) is 13.6. The van der Waals surface area contributed by atoms with Crippen LogP contribution in [0.1, 0.15) is 48.3 Å². The number of alkyl halides is 3. The summed E-state index contributed by atoms with van der Waals surface area (Å²) in [4.78, 5) is 16.9. The highest BCUT2D eigenvalue weighted by Crippen LogP contribution is 2.40. The maximum Gasteiger partial charge on any atom is 0.435 e. The van der Waals surface area contributed by atoms with Crippen molar-refractivity contribution in [1.29, 1.82) is 0 Å². The van der Waals surface area contributed by atoms with Crippen LogP contribution in [0.15, 0.2) is 24.4 Å². The molecule has 12 heteroatoms. The molecule has 1 aliphatic carbocycles. The minimum atomic E-state index is -4.61. The van der Waals surface area contributed by atoms with Crippen LogP contribution in [0.5, 0.6) is 5.88 Å². The van der Waals surface area contributed by atoms with Gasteiger partial charge in [-0.2, -0.15) is 23.4 Å². The number of urea groups is 1. The Kier molecular flexibility index (Phi) is 6.40. The van der Waals surface area contributed by atoms with Gasteiger partial charge in [0.15, 0.2) is 5.69 Å². The monoisotopic (exact) mass is 475 g/mol. The third kappa shape index (κ3) is 5.43. The molecule has 180 valence electrons. The number of halogens is 3. The number of pyridine rings is 1. The standard InChI is InChI=1S/C22H24F3N7O2/c1-4-34-18-9-14(8-17(28-18)13-5-6-13)27-21(33)26-10-15-7-12(2)19(30-29-15)16-11-32(3)31-20(16)22(23,24)25/h7-9,11,13H,4-6,10H2,1-3H3,(H2,26,27,28,33). The van der Waals surface area contributed by atoms with Crippen LogP contribution in [-0.4, -0.2) is 37.6 Å². The molecule has 3 aromatic heterocycles. The molecule has 2 N–H and O–H groups in total. The first-order chi connectivity index (χ1) is 16.1. The van der Waals surface area contributed by atoms with Crippen LogP contribution in [-0.2, 0) is 19.8 Å². The van der Waals surface area contributed by atoms with Crippen molar-refractivity contribution in [3.05, 3.63) is 47.0 Å². The van der Waals surface area contributed by atoms with Gasteiger partial charge in [0.2, 0.25) is 5.88 Å². The average Bonchev–Trinajstić information content (AvgIpc) is 3.53. The first-order valence-electron chi connectivity index (χ1n) is 10.8. The molecule has 0 unspecified atom stereocenters. The minimum Gasteiger partial charge on any atom is -0.478 e. The molecule has 4 rings (SSSR count). The zero-order valence-electron chi connectivity index (χ0n) is 18.9. The molecule has 2 amide bonds. The van der Waals surface area contributed by atoms with Crippen LogP contribution in [0.25, 0.3) is 11.3 Å². The first-order valence-corrected chi connectivity index (χ1v) is 10.8. The molecular weight excluding hydrogens is 451 g/mol. The van der Waals surface area contributed by atoms with E-state index in [4.69, 9.17) is 4.74 Å². The average molecular weight is 475 g/mol. The van der Waals surface area contributed by atoms with E-state index in [0.717, 1.165) is 23.2 Å². The number of aryl methyl sites for hydroxylation is 2. The Balaban J connectivity index is 1.43. The van der Waals surface area contributed by atoms with Crippen molar-refractivity contribution in [1.82, 2.24) is 30.3 Å². The number of anilines is 1. The second-order valence-electron chi connectivity index (χ2n) is 8.06. The summed E-state index contributed by atoms with van der Waals surface area (Å²) in [6, 6.07) is 4.59. The molecule has 1 fully saturated rings. The van der Waals surface area contributed by atoms with Crippen molar-refractivity contribution in [3.8, 4) is 17.1 Å². The van der Waals surface area contributed by atoms with E-state index >= 15 is 0 Å². The summed E-state index contributed by atoms with van der Waals surface area (Å²) in [7, 11) is 1.41. The number of hydrogen-bond acceptors (Lipinski definition) is 6. The smallest absolute Gasteiger partial charge is 0.435 e. The lowest BCUT2D eigenvalue weighted by molar-refractivity contribution is -0.141. The zero-order valence-corrected chi connectivity index (χ0v) is 18.9. The number of carbonyl (C=O) groups excluding carboxylic acids is 1. The molecule has 3 heterocycles. The molecule has 0 saturated heterocycles. The number of carbonyl (C=O) groups is 1. The molecule has 0 radical (unpaired) electrons. The number of rotatable bonds is 7. The highest BCUT2D eigenvalue weighted by molar-refractivity contribution is 5.89. The fourth-order valence-electron chi connectivity index (χ4n) is 3.52. The van der Waals surface area contributed by atoms with Gasteiger partial charge < -0.3 is 15.4 Å². The van der Waals surface area contributed by atoms with Crippen LogP contribution in [0.2, 0.25) is 0 Å². The fraction of sp³-hybridized carbons (Fsp3) is 0.409. The maximum atomic E-state index is 13.3. The summed E-state index contributed by atoms with van der Waals surface area (Å²) in [6.07, 6.45) is -1.23.